The summed E-state index contributed by atoms with van der Waals surface area (Å²) in [6, 6.07) is 0.417. The molecule has 3 nitrogen and oxygen atoms in total. The normalized spacial score (nSPS) is 18.8. The first kappa shape index (κ1) is 14.5. The Morgan fingerprint density at radius 1 is 1.35 bits per heavy atom. The van der Waals surface area contributed by atoms with Gasteiger partial charge in [0.15, 0.2) is 0 Å². The molecule has 0 aromatic heterocycles. The average molecular weight is 240 g/mol. The van der Waals surface area contributed by atoms with Gasteiger partial charge in [-0.2, -0.15) is 0 Å². The third-order valence-corrected chi connectivity index (χ3v) is 3.57. The van der Waals surface area contributed by atoms with Crippen molar-refractivity contribution < 1.29 is 4.79 Å². The van der Waals surface area contributed by atoms with E-state index in [1.54, 1.807) is 0 Å². The maximum atomic E-state index is 11.7. The Morgan fingerprint density at radius 2 is 2.06 bits per heavy atom. The van der Waals surface area contributed by atoms with Gasteiger partial charge in [0, 0.05) is 6.04 Å². The molecule has 0 heterocycles. The van der Waals surface area contributed by atoms with E-state index in [1.165, 1.54) is 25.7 Å². The number of unbranched alkanes of at least 4 members (excludes halogenated alkanes) is 1. The van der Waals surface area contributed by atoms with Crippen LogP contribution in [-0.4, -0.2) is 24.5 Å². The zero-order valence-electron chi connectivity index (χ0n) is 11.6. The van der Waals surface area contributed by atoms with Gasteiger partial charge >= 0.3 is 0 Å². The first-order valence-corrected chi connectivity index (χ1v) is 7.21. The van der Waals surface area contributed by atoms with Gasteiger partial charge in [-0.3, -0.25) is 4.79 Å². The highest BCUT2D eigenvalue weighted by atomic mass is 16.2. The number of amides is 1. The van der Waals surface area contributed by atoms with Crippen LogP contribution in [0.1, 0.15) is 59.3 Å². The number of carbonyl (C=O) groups is 1. The zero-order chi connectivity index (χ0) is 12.7. The SMILES string of the molecule is CCCCC(CC)CNC(C)C(=O)NC1CC1. The molecular weight excluding hydrogens is 212 g/mol. The number of rotatable bonds is 9. The number of carbonyl (C=O) groups excluding carboxylic acids is 1. The van der Waals surface area contributed by atoms with Crippen molar-refractivity contribution in [2.75, 3.05) is 6.54 Å². The summed E-state index contributed by atoms with van der Waals surface area (Å²) in [6.45, 7) is 7.39. The highest BCUT2D eigenvalue weighted by Crippen LogP contribution is 2.18. The third-order valence-electron chi connectivity index (χ3n) is 3.57. The second kappa shape index (κ2) is 7.70. The van der Waals surface area contributed by atoms with Gasteiger partial charge in [0.25, 0.3) is 0 Å². The van der Waals surface area contributed by atoms with Crippen molar-refractivity contribution in [1.29, 1.82) is 0 Å². The van der Waals surface area contributed by atoms with Gasteiger partial charge in [-0.1, -0.05) is 33.1 Å². The van der Waals surface area contributed by atoms with E-state index >= 15 is 0 Å². The Bertz CT molecular complexity index is 226. The molecule has 1 fully saturated rings. The minimum Gasteiger partial charge on any atom is -0.352 e. The van der Waals surface area contributed by atoms with Gasteiger partial charge in [-0.05, 0) is 38.6 Å². The monoisotopic (exact) mass is 240 g/mol. The smallest absolute Gasteiger partial charge is 0.237 e. The van der Waals surface area contributed by atoms with Crippen molar-refractivity contribution in [3.8, 4) is 0 Å². The van der Waals surface area contributed by atoms with E-state index in [0.29, 0.717) is 12.0 Å². The minimum absolute atomic E-state index is 0.0497. The lowest BCUT2D eigenvalue weighted by Gasteiger charge is -2.19. The molecule has 0 saturated heterocycles. The number of hydrogen-bond donors (Lipinski definition) is 2. The van der Waals surface area contributed by atoms with Crippen LogP contribution in [-0.2, 0) is 4.79 Å². The van der Waals surface area contributed by atoms with Gasteiger partial charge in [0.1, 0.15) is 0 Å². The van der Waals surface area contributed by atoms with Crippen LogP contribution in [0.4, 0.5) is 0 Å². The van der Waals surface area contributed by atoms with Crippen LogP contribution in [0, 0.1) is 5.92 Å². The minimum atomic E-state index is -0.0497. The summed E-state index contributed by atoms with van der Waals surface area (Å²) in [6.07, 6.45) is 7.34. The van der Waals surface area contributed by atoms with E-state index in [-0.39, 0.29) is 11.9 Å². The predicted octanol–water partition coefficient (Wildman–Crippen LogP) is 2.46. The molecule has 3 heteroatoms. The molecule has 0 spiro atoms. The molecule has 0 aliphatic heterocycles. The second-order valence-electron chi connectivity index (χ2n) is 5.33. The molecule has 17 heavy (non-hydrogen) atoms. The summed E-state index contributed by atoms with van der Waals surface area (Å²) in [5.41, 5.74) is 0. The topological polar surface area (TPSA) is 41.1 Å². The van der Waals surface area contributed by atoms with Crippen LogP contribution in [0.2, 0.25) is 0 Å². The first-order valence-electron chi connectivity index (χ1n) is 7.21. The summed E-state index contributed by atoms with van der Waals surface area (Å²) in [5.74, 6) is 0.879. The molecule has 0 aromatic rings. The summed E-state index contributed by atoms with van der Waals surface area (Å²) in [5, 5.41) is 6.40. The largest absolute Gasteiger partial charge is 0.352 e. The van der Waals surface area contributed by atoms with Crippen LogP contribution in [0.15, 0.2) is 0 Å². The Morgan fingerprint density at radius 3 is 2.59 bits per heavy atom. The van der Waals surface area contributed by atoms with E-state index in [9.17, 15) is 4.79 Å². The molecule has 2 N–H and O–H groups in total. The lowest BCUT2D eigenvalue weighted by Crippen LogP contribution is -2.44. The van der Waals surface area contributed by atoms with Crippen LogP contribution in [0.5, 0.6) is 0 Å². The molecule has 0 bridgehead atoms. The molecule has 0 aromatic carbocycles. The van der Waals surface area contributed by atoms with E-state index in [1.807, 2.05) is 6.92 Å². The molecule has 1 saturated carbocycles. The zero-order valence-corrected chi connectivity index (χ0v) is 11.6. The summed E-state index contributed by atoms with van der Waals surface area (Å²) in [7, 11) is 0. The van der Waals surface area contributed by atoms with Gasteiger partial charge < -0.3 is 10.6 Å². The Kier molecular flexibility index (Phi) is 6.56. The van der Waals surface area contributed by atoms with Crippen LogP contribution < -0.4 is 10.6 Å². The van der Waals surface area contributed by atoms with Crippen molar-refractivity contribution in [3.05, 3.63) is 0 Å². The Labute approximate surface area is 106 Å². The fraction of sp³-hybridized carbons (Fsp3) is 0.929. The molecule has 1 amide bonds. The van der Waals surface area contributed by atoms with E-state index in [2.05, 4.69) is 24.5 Å². The Balaban J connectivity index is 2.14. The standard InChI is InChI=1S/C14H28N2O/c1-4-6-7-12(5-2)10-15-11(3)14(17)16-13-8-9-13/h11-13,15H,4-10H2,1-3H3,(H,16,17). The average Bonchev–Trinajstić information content (AvgIpc) is 3.12. The van der Waals surface area contributed by atoms with Crippen molar-refractivity contribution >= 4 is 5.91 Å². The molecule has 100 valence electrons. The lowest BCUT2D eigenvalue weighted by atomic mass is 9.99. The van der Waals surface area contributed by atoms with Gasteiger partial charge in [0.2, 0.25) is 5.91 Å². The maximum absolute atomic E-state index is 11.7. The molecular formula is C14H28N2O. The molecule has 1 rings (SSSR count). The highest BCUT2D eigenvalue weighted by molar-refractivity contribution is 5.81. The summed E-state index contributed by atoms with van der Waals surface area (Å²) >= 11 is 0. The second-order valence-corrected chi connectivity index (χ2v) is 5.33. The van der Waals surface area contributed by atoms with E-state index in [4.69, 9.17) is 0 Å². The van der Waals surface area contributed by atoms with Gasteiger partial charge in [-0.25, -0.2) is 0 Å². The summed E-state index contributed by atoms with van der Waals surface area (Å²) in [4.78, 5) is 11.7. The quantitative estimate of drug-likeness (QED) is 0.650. The third kappa shape index (κ3) is 6.06. The molecule has 1 aliphatic carbocycles. The first-order chi connectivity index (χ1) is 8.17. The molecule has 0 radical (unpaired) electrons. The highest BCUT2D eigenvalue weighted by Gasteiger charge is 2.25. The lowest BCUT2D eigenvalue weighted by molar-refractivity contribution is -0.122. The predicted molar refractivity (Wildman–Crippen MR) is 71.9 cm³/mol. The van der Waals surface area contributed by atoms with Gasteiger partial charge in [0.05, 0.1) is 6.04 Å². The van der Waals surface area contributed by atoms with Crippen molar-refractivity contribution in [1.82, 2.24) is 10.6 Å². The number of nitrogens with one attached hydrogen (secondary N) is 2. The molecule has 1 aliphatic rings. The van der Waals surface area contributed by atoms with Crippen molar-refractivity contribution in [2.45, 2.75) is 71.4 Å². The van der Waals surface area contributed by atoms with Crippen LogP contribution >= 0.6 is 0 Å². The molecule has 2 atom stereocenters. The summed E-state index contributed by atoms with van der Waals surface area (Å²) < 4.78 is 0. The molecule has 2 unspecified atom stereocenters. The van der Waals surface area contributed by atoms with Crippen LogP contribution in [0.25, 0.3) is 0 Å². The van der Waals surface area contributed by atoms with Crippen molar-refractivity contribution in [2.24, 2.45) is 5.92 Å². The van der Waals surface area contributed by atoms with E-state index < -0.39 is 0 Å². The fourth-order valence-corrected chi connectivity index (χ4v) is 1.93. The van der Waals surface area contributed by atoms with E-state index in [0.717, 1.165) is 19.4 Å². The fourth-order valence-electron chi connectivity index (χ4n) is 1.93. The van der Waals surface area contributed by atoms with Crippen LogP contribution in [0.3, 0.4) is 0 Å². The van der Waals surface area contributed by atoms with Crippen molar-refractivity contribution in [3.63, 3.8) is 0 Å². The maximum Gasteiger partial charge on any atom is 0.237 e. The van der Waals surface area contributed by atoms with Gasteiger partial charge in [-0.15, -0.1) is 0 Å². The Hall–Kier alpha value is -0.570. The number of hydrogen-bond acceptors (Lipinski definition) is 2.